The van der Waals surface area contributed by atoms with Crippen LogP contribution in [-0.2, 0) is 0 Å². The van der Waals surface area contributed by atoms with Crippen molar-refractivity contribution in [2.45, 2.75) is 13.8 Å². The number of anilines is 2. The van der Waals surface area contributed by atoms with Crippen LogP contribution in [0.1, 0.15) is 32.0 Å². The van der Waals surface area contributed by atoms with Crippen LogP contribution in [-0.4, -0.2) is 22.0 Å². The monoisotopic (exact) mass is 285 g/mol. The molecule has 0 saturated carbocycles. The van der Waals surface area contributed by atoms with Crippen LogP contribution in [0, 0.1) is 13.8 Å². The minimum Gasteiger partial charge on any atom is -0.478 e. The maximum atomic E-state index is 11.5. The fourth-order valence-corrected chi connectivity index (χ4v) is 1.96. The second-order valence-electron chi connectivity index (χ2n) is 4.68. The number of carbonyl (C=O) groups is 2. The largest absolute Gasteiger partial charge is 0.478 e. The molecule has 1 aromatic heterocycles. The molecular weight excluding hydrogens is 270 g/mol. The highest BCUT2D eigenvalue weighted by molar-refractivity contribution is 6.01. The van der Waals surface area contributed by atoms with Gasteiger partial charge < -0.3 is 16.2 Å². The number of primary amides is 1. The second kappa shape index (κ2) is 5.62. The van der Waals surface area contributed by atoms with Crippen molar-refractivity contribution in [1.82, 2.24) is 4.98 Å². The number of aryl methyl sites for hydroxylation is 2. The first-order valence-corrected chi connectivity index (χ1v) is 6.27. The van der Waals surface area contributed by atoms with Crippen molar-refractivity contribution in [3.63, 3.8) is 0 Å². The van der Waals surface area contributed by atoms with Gasteiger partial charge >= 0.3 is 5.97 Å². The molecule has 1 aromatic carbocycles. The lowest BCUT2D eigenvalue weighted by atomic mass is 10.1. The average molecular weight is 285 g/mol. The quantitative estimate of drug-likeness (QED) is 0.799. The summed E-state index contributed by atoms with van der Waals surface area (Å²) in [5.41, 5.74) is 7.40. The van der Waals surface area contributed by atoms with Gasteiger partial charge in [0, 0.05) is 5.69 Å². The van der Waals surface area contributed by atoms with Crippen LogP contribution in [0.2, 0.25) is 0 Å². The van der Waals surface area contributed by atoms with Crippen molar-refractivity contribution < 1.29 is 14.7 Å². The van der Waals surface area contributed by atoms with E-state index < -0.39 is 11.9 Å². The standard InChI is InChI=1S/C15H15N3O3/c1-8-4-3-5-10(6-8)18-14-12(13(16)19)7-11(15(20)21)9(2)17-14/h3-7H,1-2H3,(H2,16,19)(H,17,18)(H,20,21). The van der Waals surface area contributed by atoms with Gasteiger partial charge in [0.15, 0.2) is 0 Å². The molecule has 0 aliphatic carbocycles. The fourth-order valence-electron chi connectivity index (χ4n) is 1.96. The average Bonchev–Trinajstić information content (AvgIpc) is 2.37. The van der Waals surface area contributed by atoms with Crippen LogP contribution in [0.15, 0.2) is 30.3 Å². The molecule has 0 saturated heterocycles. The maximum absolute atomic E-state index is 11.5. The molecule has 2 rings (SSSR count). The van der Waals surface area contributed by atoms with Gasteiger partial charge in [0.05, 0.1) is 16.8 Å². The zero-order chi connectivity index (χ0) is 15.6. The van der Waals surface area contributed by atoms with Crippen LogP contribution in [0.3, 0.4) is 0 Å². The maximum Gasteiger partial charge on any atom is 0.337 e. The minimum atomic E-state index is -1.15. The zero-order valence-corrected chi connectivity index (χ0v) is 11.7. The predicted molar refractivity (Wildman–Crippen MR) is 78.9 cm³/mol. The fraction of sp³-hybridized carbons (Fsp3) is 0.133. The SMILES string of the molecule is Cc1cccc(Nc2nc(C)c(C(=O)O)cc2C(N)=O)c1. The third-order valence-corrected chi connectivity index (χ3v) is 2.99. The zero-order valence-electron chi connectivity index (χ0n) is 11.7. The van der Waals surface area contributed by atoms with Gasteiger partial charge in [-0.2, -0.15) is 0 Å². The highest BCUT2D eigenvalue weighted by Crippen LogP contribution is 2.22. The number of carboxylic acid groups (broad SMARTS) is 1. The first kappa shape index (κ1) is 14.5. The van der Waals surface area contributed by atoms with E-state index in [1.165, 1.54) is 6.07 Å². The van der Waals surface area contributed by atoms with E-state index in [0.29, 0.717) is 5.69 Å². The number of nitrogens with one attached hydrogen (secondary N) is 1. The molecule has 6 nitrogen and oxygen atoms in total. The number of benzene rings is 1. The molecule has 2 aromatic rings. The molecular formula is C15H15N3O3. The Kier molecular flexibility index (Phi) is 3.89. The Morgan fingerprint density at radius 3 is 2.48 bits per heavy atom. The number of carboxylic acids is 1. The first-order chi connectivity index (χ1) is 9.88. The Morgan fingerprint density at radius 2 is 1.90 bits per heavy atom. The number of aromatic carboxylic acids is 1. The van der Waals surface area contributed by atoms with E-state index in [2.05, 4.69) is 10.3 Å². The van der Waals surface area contributed by atoms with Gasteiger partial charge in [-0.25, -0.2) is 9.78 Å². The molecule has 1 amide bonds. The molecule has 0 aliphatic heterocycles. The number of pyridine rings is 1. The van der Waals surface area contributed by atoms with Crippen molar-refractivity contribution in [2.24, 2.45) is 5.73 Å². The first-order valence-electron chi connectivity index (χ1n) is 6.27. The molecule has 4 N–H and O–H groups in total. The van der Waals surface area contributed by atoms with Crippen molar-refractivity contribution in [3.05, 3.63) is 52.7 Å². The number of hydrogen-bond acceptors (Lipinski definition) is 4. The smallest absolute Gasteiger partial charge is 0.337 e. The molecule has 0 fully saturated rings. The van der Waals surface area contributed by atoms with E-state index in [1.807, 2.05) is 31.2 Å². The summed E-state index contributed by atoms with van der Waals surface area (Å²) < 4.78 is 0. The van der Waals surface area contributed by atoms with E-state index in [1.54, 1.807) is 6.92 Å². The van der Waals surface area contributed by atoms with Gasteiger partial charge in [0.25, 0.3) is 5.91 Å². The molecule has 21 heavy (non-hydrogen) atoms. The Morgan fingerprint density at radius 1 is 1.19 bits per heavy atom. The van der Waals surface area contributed by atoms with Gasteiger partial charge in [0.2, 0.25) is 0 Å². The highest BCUT2D eigenvalue weighted by Gasteiger charge is 2.17. The molecule has 0 spiro atoms. The third-order valence-electron chi connectivity index (χ3n) is 2.99. The molecule has 0 atom stereocenters. The number of hydrogen-bond donors (Lipinski definition) is 3. The van der Waals surface area contributed by atoms with Crippen LogP contribution in [0.25, 0.3) is 0 Å². The summed E-state index contributed by atoms with van der Waals surface area (Å²) in [5.74, 6) is -1.64. The number of aromatic nitrogens is 1. The normalized spacial score (nSPS) is 10.2. The minimum absolute atomic E-state index is 0.0412. The van der Waals surface area contributed by atoms with Crippen LogP contribution < -0.4 is 11.1 Å². The Labute approximate surface area is 121 Å². The summed E-state index contributed by atoms with van der Waals surface area (Å²) >= 11 is 0. The van der Waals surface area contributed by atoms with Crippen molar-refractivity contribution in [3.8, 4) is 0 Å². The Bertz CT molecular complexity index is 726. The number of carbonyl (C=O) groups excluding carboxylic acids is 1. The van der Waals surface area contributed by atoms with E-state index in [0.717, 1.165) is 11.3 Å². The summed E-state index contributed by atoms with van der Waals surface area (Å²) in [6.45, 7) is 3.50. The van der Waals surface area contributed by atoms with E-state index in [-0.39, 0.29) is 16.9 Å². The van der Waals surface area contributed by atoms with Gasteiger partial charge in [-0.15, -0.1) is 0 Å². The summed E-state index contributed by atoms with van der Waals surface area (Å²) in [4.78, 5) is 26.8. The Balaban J connectivity index is 2.50. The second-order valence-corrected chi connectivity index (χ2v) is 4.68. The van der Waals surface area contributed by atoms with Crippen molar-refractivity contribution >= 4 is 23.4 Å². The van der Waals surface area contributed by atoms with Crippen LogP contribution in [0.4, 0.5) is 11.5 Å². The lowest BCUT2D eigenvalue weighted by molar-refractivity contribution is 0.0695. The Hall–Kier alpha value is -2.89. The topological polar surface area (TPSA) is 105 Å². The lowest BCUT2D eigenvalue weighted by Crippen LogP contribution is -2.17. The molecule has 108 valence electrons. The van der Waals surface area contributed by atoms with Gasteiger partial charge in [-0.05, 0) is 37.6 Å². The molecule has 0 bridgehead atoms. The van der Waals surface area contributed by atoms with Crippen LogP contribution in [0.5, 0.6) is 0 Å². The van der Waals surface area contributed by atoms with Crippen molar-refractivity contribution in [2.75, 3.05) is 5.32 Å². The lowest BCUT2D eigenvalue weighted by Gasteiger charge is -2.12. The van der Waals surface area contributed by atoms with Gasteiger partial charge in [0.1, 0.15) is 5.82 Å². The highest BCUT2D eigenvalue weighted by atomic mass is 16.4. The number of nitrogens with zero attached hydrogens (tertiary/aromatic N) is 1. The van der Waals surface area contributed by atoms with Gasteiger partial charge in [-0.3, -0.25) is 4.79 Å². The van der Waals surface area contributed by atoms with E-state index in [4.69, 9.17) is 10.8 Å². The van der Waals surface area contributed by atoms with Gasteiger partial charge in [-0.1, -0.05) is 12.1 Å². The number of amides is 1. The van der Waals surface area contributed by atoms with E-state index >= 15 is 0 Å². The molecule has 0 radical (unpaired) electrons. The summed E-state index contributed by atoms with van der Waals surface area (Å²) in [6.07, 6.45) is 0. The molecule has 6 heteroatoms. The summed E-state index contributed by atoms with van der Waals surface area (Å²) in [7, 11) is 0. The third kappa shape index (κ3) is 3.17. The van der Waals surface area contributed by atoms with E-state index in [9.17, 15) is 9.59 Å². The molecule has 0 aliphatic rings. The summed E-state index contributed by atoms with van der Waals surface area (Å²) in [5, 5.41) is 12.1. The van der Waals surface area contributed by atoms with Crippen LogP contribution >= 0.6 is 0 Å². The predicted octanol–water partition coefficient (Wildman–Crippen LogP) is 2.24. The summed E-state index contributed by atoms with van der Waals surface area (Å²) in [6, 6.07) is 8.74. The molecule has 0 unspecified atom stereocenters. The number of rotatable bonds is 4. The molecule has 1 heterocycles. The number of nitrogens with two attached hydrogens (primary N) is 1. The van der Waals surface area contributed by atoms with Crippen molar-refractivity contribution in [1.29, 1.82) is 0 Å².